The summed E-state index contributed by atoms with van der Waals surface area (Å²) in [6.07, 6.45) is -0.181. The third-order valence-corrected chi connectivity index (χ3v) is 5.28. The molecule has 0 aliphatic heterocycles. The molecule has 0 spiro atoms. The molecular formula is C19H26ClN3O5S. The Morgan fingerprint density at radius 1 is 1.28 bits per heavy atom. The fraction of sp³-hybridized carbons (Fsp3) is 0.526. The zero-order chi connectivity index (χ0) is 21.8. The van der Waals surface area contributed by atoms with Gasteiger partial charge in [-0.1, -0.05) is 42.7 Å². The maximum atomic E-state index is 12.6. The smallest absolute Gasteiger partial charge is 0.408 e. The number of benzene rings is 1. The zero-order valence-electron chi connectivity index (χ0n) is 17.1. The van der Waals surface area contributed by atoms with Gasteiger partial charge in [0.1, 0.15) is 11.6 Å². The number of hydrogen-bond donors (Lipinski definition) is 1. The van der Waals surface area contributed by atoms with Gasteiger partial charge in [-0.2, -0.15) is 0 Å². The van der Waals surface area contributed by atoms with Crippen LogP contribution in [0.25, 0.3) is 0 Å². The van der Waals surface area contributed by atoms with E-state index in [1.54, 1.807) is 45.0 Å². The van der Waals surface area contributed by atoms with Gasteiger partial charge in [0.2, 0.25) is 15.7 Å². The fourth-order valence-electron chi connectivity index (χ4n) is 2.54. The summed E-state index contributed by atoms with van der Waals surface area (Å²) in [4.78, 5) is 12.1. The van der Waals surface area contributed by atoms with Crippen LogP contribution in [0.1, 0.15) is 58.5 Å². The van der Waals surface area contributed by atoms with Crippen molar-refractivity contribution < 1.29 is 22.4 Å². The van der Waals surface area contributed by atoms with Gasteiger partial charge < -0.3 is 14.5 Å². The number of carbonyl (C=O) groups is 1. The van der Waals surface area contributed by atoms with Gasteiger partial charge in [-0.15, -0.1) is 5.10 Å². The lowest BCUT2D eigenvalue weighted by molar-refractivity contribution is 0.0487. The zero-order valence-corrected chi connectivity index (χ0v) is 18.7. The van der Waals surface area contributed by atoms with Crippen LogP contribution >= 0.6 is 11.6 Å². The standard InChI is InChI=1S/C19H26ClN3O5S/c1-12(2)9-15(21-17(24)28-19(3,4)5)16-22-23-18(27-16)29(25,26)11-13-7-6-8-14(20)10-13/h6-8,10,12,15H,9,11H2,1-5H3,(H,21,24)/t15-/m0/s1. The molecular weight excluding hydrogens is 418 g/mol. The first-order chi connectivity index (χ1) is 13.4. The quantitative estimate of drug-likeness (QED) is 0.678. The van der Waals surface area contributed by atoms with Crippen molar-refractivity contribution in [3.8, 4) is 0 Å². The number of alkyl carbamates (subject to hydrolysis) is 1. The Balaban J connectivity index is 2.21. The van der Waals surface area contributed by atoms with Crippen molar-refractivity contribution in [1.82, 2.24) is 15.5 Å². The van der Waals surface area contributed by atoms with Crippen molar-refractivity contribution in [3.63, 3.8) is 0 Å². The molecule has 0 radical (unpaired) electrons. The van der Waals surface area contributed by atoms with Gasteiger partial charge in [-0.05, 0) is 50.8 Å². The Labute approximate surface area is 175 Å². The van der Waals surface area contributed by atoms with E-state index in [0.29, 0.717) is 17.0 Å². The number of hydrogen-bond acceptors (Lipinski definition) is 7. The number of amides is 1. The summed E-state index contributed by atoms with van der Waals surface area (Å²) in [5.41, 5.74) is -0.171. The molecule has 0 bridgehead atoms. The van der Waals surface area contributed by atoms with E-state index in [9.17, 15) is 13.2 Å². The van der Waals surface area contributed by atoms with Crippen LogP contribution in [0.3, 0.4) is 0 Å². The Bertz CT molecular complexity index is 951. The second-order valence-electron chi connectivity index (χ2n) is 8.12. The van der Waals surface area contributed by atoms with Crippen molar-refractivity contribution in [1.29, 1.82) is 0 Å². The fourth-order valence-corrected chi connectivity index (χ4v) is 3.87. The van der Waals surface area contributed by atoms with Gasteiger partial charge in [-0.25, -0.2) is 13.2 Å². The van der Waals surface area contributed by atoms with E-state index >= 15 is 0 Å². The molecule has 8 nitrogen and oxygen atoms in total. The van der Waals surface area contributed by atoms with E-state index in [-0.39, 0.29) is 17.6 Å². The Morgan fingerprint density at radius 3 is 2.55 bits per heavy atom. The highest BCUT2D eigenvalue weighted by atomic mass is 35.5. The molecule has 0 aliphatic carbocycles. The largest absolute Gasteiger partial charge is 0.444 e. The van der Waals surface area contributed by atoms with Crippen molar-refractivity contribution in [3.05, 3.63) is 40.7 Å². The van der Waals surface area contributed by atoms with Gasteiger partial charge in [0.25, 0.3) is 0 Å². The highest BCUT2D eigenvalue weighted by molar-refractivity contribution is 7.90. The number of carbonyl (C=O) groups excluding carboxylic acids is 1. The lowest BCUT2D eigenvalue weighted by Gasteiger charge is -2.22. The summed E-state index contributed by atoms with van der Waals surface area (Å²) in [6, 6.07) is 5.85. The second kappa shape index (κ2) is 9.13. The summed E-state index contributed by atoms with van der Waals surface area (Å²) in [5.74, 6) is -0.147. The van der Waals surface area contributed by atoms with Gasteiger partial charge in [0.05, 0.1) is 5.75 Å². The number of aromatic nitrogens is 2. The molecule has 29 heavy (non-hydrogen) atoms. The van der Waals surface area contributed by atoms with E-state index in [2.05, 4.69) is 15.5 Å². The molecule has 1 amide bonds. The number of nitrogens with one attached hydrogen (secondary N) is 1. The normalized spacial score (nSPS) is 13.3. The second-order valence-corrected chi connectivity index (χ2v) is 10.4. The molecule has 0 saturated carbocycles. The lowest BCUT2D eigenvalue weighted by Crippen LogP contribution is -2.35. The lowest BCUT2D eigenvalue weighted by atomic mass is 10.0. The van der Waals surface area contributed by atoms with Gasteiger partial charge >= 0.3 is 11.3 Å². The third-order valence-electron chi connectivity index (χ3n) is 3.63. The van der Waals surface area contributed by atoms with Crippen molar-refractivity contribution in [2.75, 3.05) is 0 Å². The predicted molar refractivity (Wildman–Crippen MR) is 108 cm³/mol. The Morgan fingerprint density at radius 2 is 1.97 bits per heavy atom. The molecule has 0 unspecified atom stereocenters. The molecule has 0 aliphatic rings. The van der Waals surface area contributed by atoms with E-state index in [0.717, 1.165) is 0 Å². The van der Waals surface area contributed by atoms with Crippen LogP contribution in [0, 0.1) is 5.92 Å². The summed E-state index contributed by atoms with van der Waals surface area (Å²) >= 11 is 5.91. The first kappa shape index (κ1) is 23.2. The average Bonchev–Trinajstić information content (AvgIpc) is 3.02. The summed E-state index contributed by atoms with van der Waals surface area (Å²) in [6.45, 7) is 9.15. The van der Waals surface area contributed by atoms with Crippen molar-refractivity contribution in [2.45, 2.75) is 63.7 Å². The minimum atomic E-state index is -3.87. The molecule has 0 saturated heterocycles. The molecule has 1 atom stereocenters. The number of rotatable bonds is 7. The minimum absolute atomic E-state index is 0.00854. The van der Waals surface area contributed by atoms with E-state index in [1.807, 2.05) is 13.8 Å². The monoisotopic (exact) mass is 443 g/mol. The van der Waals surface area contributed by atoms with E-state index < -0.39 is 32.8 Å². The Hall–Kier alpha value is -2.13. The Kier molecular flexibility index (Phi) is 7.29. The van der Waals surface area contributed by atoms with Crippen molar-refractivity contribution >= 4 is 27.5 Å². The minimum Gasteiger partial charge on any atom is -0.444 e. The molecule has 2 aromatic rings. The molecule has 10 heteroatoms. The summed E-state index contributed by atoms with van der Waals surface area (Å²) in [5, 5.41) is 10.1. The molecule has 1 aromatic heterocycles. The van der Waals surface area contributed by atoms with Crippen molar-refractivity contribution in [2.24, 2.45) is 5.92 Å². The first-order valence-corrected chi connectivity index (χ1v) is 11.2. The maximum Gasteiger partial charge on any atom is 0.408 e. The van der Waals surface area contributed by atoms with Crippen LogP contribution in [-0.4, -0.2) is 30.3 Å². The van der Waals surface area contributed by atoms with E-state index in [4.69, 9.17) is 20.8 Å². The molecule has 0 fully saturated rings. The summed E-state index contributed by atoms with van der Waals surface area (Å²) in [7, 11) is -3.87. The average molecular weight is 444 g/mol. The molecule has 2 rings (SSSR count). The molecule has 1 N–H and O–H groups in total. The third kappa shape index (κ3) is 7.32. The van der Waals surface area contributed by atoms with Crippen LogP contribution in [0.15, 0.2) is 33.9 Å². The molecule has 1 heterocycles. The van der Waals surface area contributed by atoms with Crippen LogP contribution in [0.2, 0.25) is 5.02 Å². The number of sulfone groups is 1. The van der Waals surface area contributed by atoms with E-state index in [1.165, 1.54) is 0 Å². The maximum absolute atomic E-state index is 12.6. The first-order valence-electron chi connectivity index (χ1n) is 9.16. The SMILES string of the molecule is CC(C)C[C@H](NC(=O)OC(C)(C)C)c1nnc(S(=O)(=O)Cc2cccc(Cl)c2)o1. The van der Waals surface area contributed by atoms with Gasteiger partial charge in [0, 0.05) is 5.02 Å². The summed E-state index contributed by atoms with van der Waals surface area (Å²) < 4.78 is 36.0. The van der Waals surface area contributed by atoms with Crippen LogP contribution < -0.4 is 5.32 Å². The predicted octanol–water partition coefficient (Wildman–Crippen LogP) is 4.31. The van der Waals surface area contributed by atoms with Crippen LogP contribution in [0.5, 0.6) is 0 Å². The molecule has 160 valence electrons. The van der Waals surface area contributed by atoms with Gasteiger partial charge in [0.15, 0.2) is 0 Å². The molecule has 1 aromatic carbocycles. The number of nitrogens with zero attached hydrogens (tertiary/aromatic N) is 2. The number of halogens is 1. The highest BCUT2D eigenvalue weighted by Gasteiger charge is 2.29. The van der Waals surface area contributed by atoms with Crippen LogP contribution in [0.4, 0.5) is 4.79 Å². The van der Waals surface area contributed by atoms with Gasteiger partial charge in [-0.3, -0.25) is 0 Å². The number of ether oxygens (including phenoxy) is 1. The highest BCUT2D eigenvalue weighted by Crippen LogP contribution is 2.24. The topological polar surface area (TPSA) is 111 Å². The van der Waals surface area contributed by atoms with Crippen LogP contribution in [-0.2, 0) is 20.3 Å².